The molecule has 1 aromatic rings. The number of phenolic OH excluding ortho intramolecular Hbond substituents is 1. The molecule has 1 aromatic carbocycles. The highest BCUT2D eigenvalue weighted by molar-refractivity contribution is 6.00. The number of carbonyl (C=O) groups is 4. The molecule has 4 saturated heterocycles. The second kappa shape index (κ2) is 25.8. The van der Waals surface area contributed by atoms with E-state index in [-0.39, 0.29) is 85.9 Å². The molecule has 4 aliphatic heterocycles. The van der Waals surface area contributed by atoms with Crippen molar-refractivity contribution < 1.29 is 44.0 Å². The van der Waals surface area contributed by atoms with Gasteiger partial charge in [0.25, 0.3) is 0 Å². The van der Waals surface area contributed by atoms with Crippen LogP contribution in [0.25, 0.3) is 0 Å². The number of hydrogen-bond acceptors (Lipinski definition) is 11. The summed E-state index contributed by atoms with van der Waals surface area (Å²) in [6.45, 7) is 50.0. The minimum atomic E-state index is -1.54. The smallest absolute Gasteiger partial charge is 0.339 e. The van der Waals surface area contributed by atoms with E-state index in [9.17, 15) is 29.4 Å². The number of hydrogen-bond donors (Lipinski definition) is 3. The van der Waals surface area contributed by atoms with Crippen molar-refractivity contribution in [2.24, 2.45) is 5.41 Å². The monoisotopic (exact) mass is 1160 g/mol. The van der Waals surface area contributed by atoms with Gasteiger partial charge in [0.2, 0.25) is 0 Å². The number of benzene rings is 1. The molecule has 0 bridgehead atoms. The molecule has 13 heteroatoms. The van der Waals surface area contributed by atoms with Crippen molar-refractivity contribution in [2.75, 3.05) is 14.1 Å². The lowest BCUT2D eigenvalue weighted by atomic mass is 9.71. The van der Waals surface area contributed by atoms with Crippen molar-refractivity contribution in [2.45, 2.75) is 367 Å². The first-order valence-electron chi connectivity index (χ1n) is 32.3. The molecule has 0 aromatic heterocycles. The Bertz CT molecular complexity index is 2200. The summed E-state index contributed by atoms with van der Waals surface area (Å²) in [6, 6.07) is 3.99. The molecule has 4 heterocycles. The van der Waals surface area contributed by atoms with Crippen LogP contribution in [-0.4, -0.2) is 135 Å². The first kappa shape index (κ1) is 72.2. The van der Waals surface area contributed by atoms with Crippen molar-refractivity contribution in [3.05, 3.63) is 28.8 Å². The zero-order valence-electron chi connectivity index (χ0n) is 57.7. The molecule has 4 fully saturated rings. The van der Waals surface area contributed by atoms with E-state index in [2.05, 4.69) is 193 Å². The Balaban J connectivity index is 0.000000381. The van der Waals surface area contributed by atoms with Gasteiger partial charge in [0.15, 0.2) is 11.1 Å². The standard InChI is InChI=1S/C42H72N2O5.C28H52N2O4/c1-18-19-20-42(34(46)48-29-24-38(8,9)43(16)39(10,11)25-29,35(47)49-30-26-40(12,13)44(17)41(14,15)27-30)23-28-21-31(36(2,3)4)33(45)32(22-28)37(5,6)7;1-24(2)17-14-18-25(3,4)29(24)28(23(33)34,21-13-11-9-10-12-16-22(31)32)30-26(5,6)19-15-20-27(30,7)8/h21-22,29-30,45H,18-20,23-27H2,1-17H3;9-21H2,1-8H3,(H,31,32)(H,33,34). The number of piperidine rings is 4. The van der Waals surface area contributed by atoms with E-state index in [0.29, 0.717) is 51.4 Å². The van der Waals surface area contributed by atoms with E-state index in [1.165, 1.54) is 0 Å². The van der Waals surface area contributed by atoms with Gasteiger partial charge >= 0.3 is 23.9 Å². The topological polar surface area (TPSA) is 160 Å². The van der Waals surface area contributed by atoms with Crippen LogP contribution in [0.2, 0.25) is 0 Å². The van der Waals surface area contributed by atoms with Gasteiger partial charge in [-0.05, 0) is 223 Å². The quantitative estimate of drug-likeness (QED) is 0.0644. The van der Waals surface area contributed by atoms with Crippen LogP contribution in [0.15, 0.2) is 12.1 Å². The van der Waals surface area contributed by atoms with Gasteiger partial charge in [-0.1, -0.05) is 92.7 Å². The molecule has 83 heavy (non-hydrogen) atoms. The van der Waals surface area contributed by atoms with Gasteiger partial charge in [-0.3, -0.25) is 34.0 Å². The van der Waals surface area contributed by atoms with E-state index in [1.807, 2.05) is 12.1 Å². The first-order valence-corrected chi connectivity index (χ1v) is 32.3. The molecule has 5 rings (SSSR count). The Morgan fingerprint density at radius 2 is 0.855 bits per heavy atom. The zero-order valence-corrected chi connectivity index (χ0v) is 57.7. The second-order valence-electron chi connectivity index (χ2n) is 33.6. The summed E-state index contributed by atoms with van der Waals surface area (Å²) < 4.78 is 13.1. The fourth-order valence-corrected chi connectivity index (χ4v) is 16.3. The Labute approximate surface area is 506 Å². The zero-order chi connectivity index (χ0) is 63.8. The molecular formula is C70H124N4O9. The van der Waals surface area contributed by atoms with E-state index < -0.39 is 35.0 Å². The number of esters is 2. The number of aliphatic carboxylic acids is 2. The molecule has 13 nitrogen and oxygen atoms in total. The summed E-state index contributed by atoms with van der Waals surface area (Å²) in [7, 11) is 4.27. The normalized spacial score (nSPS) is 23.1. The maximum atomic E-state index is 15.0. The van der Waals surface area contributed by atoms with Gasteiger partial charge in [-0.15, -0.1) is 0 Å². The van der Waals surface area contributed by atoms with Crippen LogP contribution in [0.5, 0.6) is 5.75 Å². The van der Waals surface area contributed by atoms with Crippen LogP contribution in [0, 0.1) is 5.41 Å². The van der Waals surface area contributed by atoms with E-state index in [0.717, 1.165) is 87.3 Å². The number of aromatic hydroxyl groups is 1. The van der Waals surface area contributed by atoms with Crippen LogP contribution >= 0.6 is 0 Å². The first-order chi connectivity index (χ1) is 37.5. The van der Waals surface area contributed by atoms with Gasteiger partial charge < -0.3 is 24.8 Å². The highest BCUT2D eigenvalue weighted by atomic mass is 16.6. The van der Waals surface area contributed by atoms with Crippen LogP contribution < -0.4 is 0 Å². The number of unbranched alkanes of at least 4 members (excludes halogenated alkanes) is 5. The average molecular weight is 1170 g/mol. The molecule has 478 valence electrons. The van der Waals surface area contributed by atoms with Crippen LogP contribution in [0.4, 0.5) is 0 Å². The van der Waals surface area contributed by atoms with Crippen molar-refractivity contribution in [1.29, 1.82) is 0 Å². The highest BCUT2D eigenvalue weighted by Gasteiger charge is 2.65. The Hall–Kier alpha value is -3.26. The Morgan fingerprint density at radius 1 is 0.518 bits per heavy atom. The van der Waals surface area contributed by atoms with Crippen LogP contribution in [0.3, 0.4) is 0 Å². The summed E-state index contributed by atoms with van der Waals surface area (Å²) >= 11 is 0. The number of carbonyl (C=O) groups excluding carboxylic acids is 2. The fourth-order valence-electron chi connectivity index (χ4n) is 16.3. The summed E-state index contributed by atoms with van der Waals surface area (Å²) in [5, 5.41) is 31.6. The fraction of sp³-hybridized carbons (Fsp3) is 0.857. The minimum absolute atomic E-state index is 0.149. The number of phenols is 1. The third-order valence-corrected chi connectivity index (χ3v) is 20.7. The SMILES string of the molecule is CC1(C)CCCC(C)(C)N1C(CCCCCCCC(=O)O)(C(=O)O)N1C(C)(C)CCCC1(C)C.CCCCC(Cc1cc(C(C)(C)C)c(O)c(C(C)(C)C)c1)(C(=O)OC1CC(C)(C)N(C)C(C)(C)C1)C(=O)OC1CC(C)(C)N(C)C(C)(C)C1. The number of likely N-dealkylation sites (tertiary alicyclic amines) is 4. The number of rotatable bonds is 20. The van der Waals surface area contributed by atoms with Crippen molar-refractivity contribution >= 4 is 23.9 Å². The molecule has 0 radical (unpaired) electrons. The molecule has 0 unspecified atom stereocenters. The van der Waals surface area contributed by atoms with Crippen molar-refractivity contribution in [3.63, 3.8) is 0 Å². The molecule has 3 N–H and O–H groups in total. The predicted molar refractivity (Wildman–Crippen MR) is 339 cm³/mol. The summed E-state index contributed by atoms with van der Waals surface area (Å²) in [4.78, 5) is 64.0. The Kier molecular flexibility index (Phi) is 22.5. The van der Waals surface area contributed by atoms with E-state index in [1.54, 1.807) is 0 Å². The maximum absolute atomic E-state index is 15.0. The Morgan fingerprint density at radius 3 is 1.17 bits per heavy atom. The summed E-state index contributed by atoms with van der Waals surface area (Å²) in [5.74, 6) is -2.15. The molecule has 4 aliphatic rings. The van der Waals surface area contributed by atoms with Gasteiger partial charge in [0.1, 0.15) is 18.0 Å². The number of carboxylic acids is 2. The molecule has 0 amide bonds. The number of nitrogens with zero attached hydrogens (tertiary/aromatic N) is 4. The van der Waals surface area contributed by atoms with Crippen LogP contribution in [0.1, 0.15) is 304 Å². The summed E-state index contributed by atoms with van der Waals surface area (Å²) in [6.07, 6.45) is 15.3. The molecule has 0 aliphatic carbocycles. The molecule has 0 spiro atoms. The van der Waals surface area contributed by atoms with E-state index >= 15 is 0 Å². The predicted octanol–water partition coefficient (Wildman–Crippen LogP) is 15.8. The van der Waals surface area contributed by atoms with Crippen LogP contribution in [-0.2, 0) is 45.9 Å². The lowest BCUT2D eigenvalue weighted by Crippen LogP contribution is -2.82. The number of carboxylic acid groups (broad SMARTS) is 2. The van der Waals surface area contributed by atoms with Crippen molar-refractivity contribution in [3.8, 4) is 5.75 Å². The van der Waals surface area contributed by atoms with Gasteiger partial charge in [0, 0.05) is 76.4 Å². The lowest BCUT2D eigenvalue weighted by molar-refractivity contribution is -0.246. The minimum Gasteiger partial charge on any atom is -0.507 e. The third-order valence-electron chi connectivity index (χ3n) is 20.7. The number of ether oxygens (including phenoxy) is 2. The third kappa shape index (κ3) is 16.5. The van der Waals surface area contributed by atoms with Gasteiger partial charge in [0.05, 0.1) is 0 Å². The second-order valence-corrected chi connectivity index (χ2v) is 33.6. The van der Waals surface area contributed by atoms with Gasteiger partial charge in [-0.25, -0.2) is 4.79 Å². The maximum Gasteiger partial charge on any atom is 0.339 e. The molecule has 0 atom stereocenters. The largest absolute Gasteiger partial charge is 0.507 e. The molecular weight excluding hydrogens is 1040 g/mol. The molecule has 0 saturated carbocycles. The van der Waals surface area contributed by atoms with Gasteiger partial charge in [-0.2, -0.15) is 0 Å². The lowest BCUT2D eigenvalue weighted by Gasteiger charge is -2.68. The van der Waals surface area contributed by atoms with E-state index in [4.69, 9.17) is 14.6 Å². The highest BCUT2D eigenvalue weighted by Crippen LogP contribution is 2.54. The van der Waals surface area contributed by atoms with Crippen molar-refractivity contribution in [1.82, 2.24) is 19.6 Å². The summed E-state index contributed by atoms with van der Waals surface area (Å²) in [5.41, 5.74) is -2.58. The average Bonchev–Trinajstić information content (AvgIpc) is 1.66.